The number of carbonyl (C=O) groups is 1. The van der Waals surface area contributed by atoms with E-state index < -0.39 is 9.84 Å². The van der Waals surface area contributed by atoms with Gasteiger partial charge in [0.15, 0.2) is 9.84 Å². The molecule has 0 aliphatic carbocycles. The number of halogens is 1. The first kappa shape index (κ1) is 17.5. The van der Waals surface area contributed by atoms with Gasteiger partial charge in [-0.2, -0.15) is 0 Å². The fourth-order valence-electron chi connectivity index (χ4n) is 3.01. The van der Waals surface area contributed by atoms with Crippen LogP contribution < -0.4 is 0 Å². The first-order valence-corrected chi connectivity index (χ1v) is 9.83. The monoisotopic (exact) mass is 362 g/mol. The van der Waals surface area contributed by atoms with Crippen LogP contribution in [0.5, 0.6) is 0 Å². The second-order valence-electron chi connectivity index (χ2n) is 6.32. The molecule has 0 spiro atoms. The Kier molecular flexibility index (Phi) is 4.85. The second-order valence-corrected chi connectivity index (χ2v) is 8.54. The lowest BCUT2D eigenvalue weighted by molar-refractivity contribution is 0.0747. The van der Waals surface area contributed by atoms with Crippen molar-refractivity contribution in [2.75, 3.05) is 18.6 Å². The normalized spacial score (nSPS) is 18.9. The summed E-state index contributed by atoms with van der Waals surface area (Å²) >= 11 is 0. The third-order valence-electron chi connectivity index (χ3n) is 4.41. The van der Waals surface area contributed by atoms with E-state index in [9.17, 15) is 17.6 Å². The van der Waals surface area contributed by atoms with Crippen LogP contribution in [0.4, 0.5) is 4.39 Å². The maximum atomic E-state index is 13.3. The summed E-state index contributed by atoms with van der Waals surface area (Å²) in [5, 5.41) is 0. The predicted octanol–water partition coefficient (Wildman–Crippen LogP) is 2.07. The lowest BCUT2D eigenvalue weighted by Gasteiger charge is -2.23. The van der Waals surface area contributed by atoms with Crippen LogP contribution in [0.1, 0.15) is 28.0 Å². The van der Waals surface area contributed by atoms with Gasteiger partial charge in [0.2, 0.25) is 0 Å². The zero-order valence-corrected chi connectivity index (χ0v) is 14.7. The molecule has 3 rings (SSSR count). The first-order chi connectivity index (χ1) is 11.8. The second kappa shape index (κ2) is 6.92. The highest BCUT2D eigenvalue weighted by Gasteiger charge is 2.33. The molecule has 0 radical (unpaired) electrons. The number of hydrogen-bond donors (Lipinski definition) is 0. The summed E-state index contributed by atoms with van der Waals surface area (Å²) in [7, 11) is -1.43. The molecule has 2 aromatic rings. The molecule has 1 fully saturated rings. The smallest absolute Gasteiger partial charge is 0.253 e. The minimum absolute atomic E-state index is 0.0104. The molecule has 1 aromatic heterocycles. The van der Waals surface area contributed by atoms with E-state index in [1.807, 2.05) is 0 Å². The largest absolute Gasteiger partial charge is 0.338 e. The van der Waals surface area contributed by atoms with Crippen molar-refractivity contribution in [3.63, 3.8) is 0 Å². The van der Waals surface area contributed by atoms with Gasteiger partial charge in [-0.1, -0.05) is 12.1 Å². The zero-order chi connectivity index (χ0) is 18.0. The number of sulfone groups is 1. The van der Waals surface area contributed by atoms with Gasteiger partial charge in [0.1, 0.15) is 5.82 Å². The summed E-state index contributed by atoms with van der Waals surface area (Å²) in [5.41, 5.74) is 1.88. The summed E-state index contributed by atoms with van der Waals surface area (Å²) in [5.74, 6) is -0.413. The average molecular weight is 362 g/mol. The molecule has 1 aromatic carbocycles. The van der Waals surface area contributed by atoms with Crippen LogP contribution in [0.15, 0.2) is 42.6 Å². The fraction of sp³-hybridized carbons (Fsp3) is 0.333. The van der Waals surface area contributed by atoms with Crippen molar-refractivity contribution < 1.29 is 17.6 Å². The van der Waals surface area contributed by atoms with E-state index >= 15 is 0 Å². The predicted molar refractivity (Wildman–Crippen MR) is 92.6 cm³/mol. The highest BCUT2D eigenvalue weighted by molar-refractivity contribution is 7.91. The van der Waals surface area contributed by atoms with E-state index in [2.05, 4.69) is 4.98 Å². The molecule has 1 amide bonds. The Bertz CT molecular complexity index is 899. The molecule has 0 N–H and O–H groups in total. The molecule has 2 heterocycles. The molecule has 0 bridgehead atoms. The molecular formula is C18H19FN2O3S. The van der Waals surface area contributed by atoms with E-state index in [4.69, 9.17) is 0 Å². The number of nitrogens with zero attached hydrogens (tertiary/aromatic N) is 2. The maximum absolute atomic E-state index is 13.3. The maximum Gasteiger partial charge on any atom is 0.253 e. The first-order valence-electron chi connectivity index (χ1n) is 8.01. The topological polar surface area (TPSA) is 67.3 Å². The summed E-state index contributed by atoms with van der Waals surface area (Å²) in [6, 6.07) is 9.23. The summed E-state index contributed by atoms with van der Waals surface area (Å²) in [6.45, 7) is 0. The Labute approximate surface area is 146 Å². The number of aromatic nitrogens is 1. The van der Waals surface area contributed by atoms with Gasteiger partial charge in [0.25, 0.3) is 5.91 Å². The van der Waals surface area contributed by atoms with Gasteiger partial charge in [-0.05, 0) is 36.2 Å². The third kappa shape index (κ3) is 4.22. The van der Waals surface area contributed by atoms with Crippen LogP contribution in [0.3, 0.4) is 0 Å². The minimum atomic E-state index is -3.05. The summed E-state index contributed by atoms with van der Waals surface area (Å²) < 4.78 is 36.5. The lowest BCUT2D eigenvalue weighted by Crippen LogP contribution is -2.37. The van der Waals surface area contributed by atoms with Crippen molar-refractivity contribution in [1.82, 2.24) is 9.88 Å². The van der Waals surface area contributed by atoms with Gasteiger partial charge in [0.05, 0.1) is 11.5 Å². The number of benzene rings is 1. The average Bonchev–Trinajstić information content (AvgIpc) is 2.94. The van der Waals surface area contributed by atoms with Gasteiger partial charge in [-0.25, -0.2) is 12.8 Å². The number of pyridine rings is 1. The van der Waals surface area contributed by atoms with Crippen LogP contribution in [-0.4, -0.2) is 48.8 Å². The molecular weight excluding hydrogens is 343 g/mol. The van der Waals surface area contributed by atoms with E-state index in [-0.39, 0.29) is 29.3 Å². The van der Waals surface area contributed by atoms with Crippen molar-refractivity contribution in [3.05, 3.63) is 65.2 Å². The Morgan fingerprint density at radius 2 is 2.12 bits per heavy atom. The number of amides is 1. The number of hydrogen-bond acceptors (Lipinski definition) is 4. The van der Waals surface area contributed by atoms with Crippen molar-refractivity contribution in [1.29, 1.82) is 0 Å². The van der Waals surface area contributed by atoms with E-state index in [0.29, 0.717) is 24.1 Å². The molecule has 5 nitrogen and oxygen atoms in total. The Hall–Kier alpha value is -2.28. The Morgan fingerprint density at radius 3 is 2.80 bits per heavy atom. The van der Waals surface area contributed by atoms with Crippen molar-refractivity contribution >= 4 is 15.7 Å². The molecule has 0 unspecified atom stereocenters. The van der Waals surface area contributed by atoms with Crippen LogP contribution in [0.25, 0.3) is 0 Å². The van der Waals surface area contributed by atoms with Gasteiger partial charge in [0, 0.05) is 37.0 Å². The van der Waals surface area contributed by atoms with Gasteiger partial charge < -0.3 is 4.90 Å². The van der Waals surface area contributed by atoms with Crippen LogP contribution >= 0.6 is 0 Å². The molecule has 1 aliphatic rings. The zero-order valence-electron chi connectivity index (χ0n) is 13.9. The fourth-order valence-corrected chi connectivity index (χ4v) is 4.79. The number of carbonyl (C=O) groups excluding carboxylic acids is 1. The molecule has 25 heavy (non-hydrogen) atoms. The van der Waals surface area contributed by atoms with Crippen LogP contribution in [0.2, 0.25) is 0 Å². The van der Waals surface area contributed by atoms with E-state index in [0.717, 1.165) is 5.56 Å². The van der Waals surface area contributed by atoms with Crippen LogP contribution in [-0.2, 0) is 16.3 Å². The Morgan fingerprint density at radius 1 is 1.32 bits per heavy atom. The quantitative estimate of drug-likeness (QED) is 0.835. The summed E-state index contributed by atoms with van der Waals surface area (Å²) in [4.78, 5) is 18.4. The van der Waals surface area contributed by atoms with E-state index in [1.54, 1.807) is 37.5 Å². The highest BCUT2D eigenvalue weighted by Crippen LogP contribution is 2.19. The third-order valence-corrected chi connectivity index (χ3v) is 6.16. The van der Waals surface area contributed by atoms with Gasteiger partial charge in [-0.3, -0.25) is 9.78 Å². The molecule has 1 saturated heterocycles. The van der Waals surface area contributed by atoms with Crippen LogP contribution in [0, 0.1) is 5.82 Å². The summed E-state index contributed by atoms with van der Waals surface area (Å²) in [6.07, 6.45) is 2.42. The van der Waals surface area contributed by atoms with Crippen molar-refractivity contribution in [2.45, 2.75) is 18.9 Å². The molecule has 0 saturated carbocycles. The molecule has 7 heteroatoms. The highest BCUT2D eigenvalue weighted by atomic mass is 32.2. The lowest BCUT2D eigenvalue weighted by atomic mass is 10.1. The SMILES string of the molecule is CN(C(=O)c1ccnc(Cc2cccc(F)c2)c1)[C@H]1CCS(=O)(=O)C1. The van der Waals surface area contributed by atoms with Gasteiger partial charge in [-0.15, -0.1) is 0 Å². The number of rotatable bonds is 4. The standard InChI is InChI=1S/C18H19FN2O3S/c1-21(17-6-8-25(23,24)12-17)18(22)14-5-7-20-16(11-14)10-13-3-2-4-15(19)9-13/h2-5,7,9,11,17H,6,8,10,12H2,1H3/t17-/m0/s1. The minimum Gasteiger partial charge on any atom is -0.338 e. The molecule has 132 valence electrons. The van der Waals surface area contributed by atoms with Gasteiger partial charge >= 0.3 is 0 Å². The molecule has 1 atom stereocenters. The van der Waals surface area contributed by atoms with E-state index in [1.165, 1.54) is 17.0 Å². The molecule has 1 aliphatic heterocycles. The van der Waals surface area contributed by atoms with Crippen molar-refractivity contribution in [2.24, 2.45) is 0 Å². The van der Waals surface area contributed by atoms with Crippen molar-refractivity contribution in [3.8, 4) is 0 Å². The Balaban J connectivity index is 1.75.